The van der Waals surface area contributed by atoms with Crippen LogP contribution in [0.5, 0.6) is 0 Å². The predicted molar refractivity (Wildman–Crippen MR) is 105 cm³/mol. The highest BCUT2D eigenvalue weighted by Gasteiger charge is 2.27. The van der Waals surface area contributed by atoms with Crippen molar-refractivity contribution >= 4 is 18.0 Å². The molecular formula is C21H24N2O6. The Kier molecular flexibility index (Phi) is 8.65. The summed E-state index contributed by atoms with van der Waals surface area (Å²) in [6.07, 6.45) is -2.13. The molecule has 154 valence electrons. The standard InChI is InChI=1S/C21H24N2O6/c1-2-28-19(20(25)26)23-18(24)17(13-15-9-5-3-6-10-15)22-21(27)29-14-16-11-7-4-8-12-16/h3-12,17,19H,2,13-14H2,1H3,(H,22,27)(H,23,24)(H,25,26)/t17-,19?/m0/s1. The third-order valence-electron chi connectivity index (χ3n) is 3.93. The van der Waals surface area contributed by atoms with Crippen molar-refractivity contribution in [3.8, 4) is 0 Å². The lowest BCUT2D eigenvalue weighted by Crippen LogP contribution is -2.53. The van der Waals surface area contributed by atoms with Crippen molar-refractivity contribution < 1.29 is 29.0 Å². The second-order valence-electron chi connectivity index (χ2n) is 6.13. The Hall–Kier alpha value is -3.39. The van der Waals surface area contributed by atoms with Crippen LogP contribution in [0.3, 0.4) is 0 Å². The number of amides is 2. The molecule has 2 atom stereocenters. The predicted octanol–water partition coefficient (Wildman–Crippen LogP) is 2.09. The van der Waals surface area contributed by atoms with Gasteiger partial charge in [0.1, 0.15) is 12.6 Å². The molecule has 2 aromatic rings. The van der Waals surface area contributed by atoms with Crippen LogP contribution >= 0.6 is 0 Å². The maximum Gasteiger partial charge on any atom is 0.408 e. The summed E-state index contributed by atoms with van der Waals surface area (Å²) in [5.74, 6) is -2.02. The van der Waals surface area contributed by atoms with Gasteiger partial charge in [0, 0.05) is 13.0 Å². The van der Waals surface area contributed by atoms with E-state index in [9.17, 15) is 14.4 Å². The molecule has 0 spiro atoms. The van der Waals surface area contributed by atoms with Crippen molar-refractivity contribution in [2.75, 3.05) is 6.61 Å². The van der Waals surface area contributed by atoms with Gasteiger partial charge in [-0.1, -0.05) is 60.7 Å². The van der Waals surface area contributed by atoms with Gasteiger partial charge >= 0.3 is 12.1 Å². The molecule has 0 aromatic heterocycles. The Morgan fingerprint density at radius 1 is 0.931 bits per heavy atom. The number of benzene rings is 2. The summed E-state index contributed by atoms with van der Waals surface area (Å²) in [7, 11) is 0. The molecule has 0 bridgehead atoms. The maximum atomic E-state index is 12.6. The van der Waals surface area contributed by atoms with Crippen LogP contribution in [0, 0.1) is 0 Å². The van der Waals surface area contributed by atoms with Gasteiger partial charge in [0.15, 0.2) is 0 Å². The van der Waals surface area contributed by atoms with Gasteiger partial charge in [-0.15, -0.1) is 0 Å². The largest absolute Gasteiger partial charge is 0.478 e. The minimum atomic E-state index is -1.51. The molecule has 3 N–H and O–H groups in total. The van der Waals surface area contributed by atoms with E-state index in [1.165, 1.54) is 0 Å². The molecule has 0 aliphatic rings. The number of rotatable bonds is 10. The summed E-state index contributed by atoms with van der Waals surface area (Å²) in [5.41, 5.74) is 1.59. The molecule has 0 aliphatic heterocycles. The van der Waals surface area contributed by atoms with E-state index in [0.717, 1.165) is 11.1 Å². The molecule has 2 rings (SSSR count). The van der Waals surface area contributed by atoms with E-state index in [0.29, 0.717) is 0 Å². The monoisotopic (exact) mass is 400 g/mol. The number of ether oxygens (including phenoxy) is 2. The molecule has 0 aliphatic carbocycles. The van der Waals surface area contributed by atoms with Crippen molar-refractivity contribution in [3.05, 3.63) is 71.8 Å². The van der Waals surface area contributed by atoms with Crippen LogP contribution in [0.2, 0.25) is 0 Å². The summed E-state index contributed by atoms with van der Waals surface area (Å²) < 4.78 is 10.2. The molecule has 2 aromatic carbocycles. The molecule has 1 unspecified atom stereocenters. The molecule has 0 heterocycles. The van der Waals surface area contributed by atoms with Gasteiger partial charge in [-0.05, 0) is 18.1 Å². The first-order valence-corrected chi connectivity index (χ1v) is 9.15. The maximum absolute atomic E-state index is 12.6. The molecular weight excluding hydrogens is 376 g/mol. The number of hydrogen-bond donors (Lipinski definition) is 3. The first-order chi connectivity index (χ1) is 14.0. The molecule has 0 radical (unpaired) electrons. The van der Waals surface area contributed by atoms with Crippen molar-refractivity contribution in [2.45, 2.75) is 32.2 Å². The molecule has 0 saturated heterocycles. The molecule has 8 nitrogen and oxygen atoms in total. The van der Waals surface area contributed by atoms with Crippen molar-refractivity contribution in [2.24, 2.45) is 0 Å². The van der Waals surface area contributed by atoms with Crippen LogP contribution < -0.4 is 10.6 Å². The number of hydrogen-bond acceptors (Lipinski definition) is 5. The zero-order valence-electron chi connectivity index (χ0n) is 16.0. The summed E-state index contributed by atoms with van der Waals surface area (Å²) in [5, 5.41) is 14.0. The van der Waals surface area contributed by atoms with E-state index in [4.69, 9.17) is 14.6 Å². The quantitative estimate of drug-likeness (QED) is 0.526. The number of alkyl carbamates (subject to hydrolysis) is 1. The van der Waals surface area contributed by atoms with Crippen LogP contribution in [-0.2, 0) is 32.1 Å². The Balaban J connectivity index is 2.04. The van der Waals surface area contributed by atoms with Crippen LogP contribution in [0.4, 0.5) is 4.79 Å². The lowest BCUT2D eigenvalue weighted by Gasteiger charge is -2.21. The smallest absolute Gasteiger partial charge is 0.408 e. The van der Waals surface area contributed by atoms with Crippen LogP contribution in [-0.4, -0.2) is 42.0 Å². The first kappa shape index (κ1) is 21.9. The average molecular weight is 400 g/mol. The summed E-state index contributed by atoms with van der Waals surface area (Å²) in [6.45, 7) is 1.76. The third kappa shape index (κ3) is 7.63. The minimum Gasteiger partial charge on any atom is -0.478 e. The van der Waals surface area contributed by atoms with Crippen molar-refractivity contribution in [3.63, 3.8) is 0 Å². The third-order valence-corrected chi connectivity index (χ3v) is 3.93. The van der Waals surface area contributed by atoms with Crippen LogP contribution in [0.15, 0.2) is 60.7 Å². The van der Waals surface area contributed by atoms with E-state index < -0.39 is 30.2 Å². The highest BCUT2D eigenvalue weighted by molar-refractivity contribution is 5.89. The van der Waals surface area contributed by atoms with E-state index >= 15 is 0 Å². The fourth-order valence-electron chi connectivity index (χ4n) is 2.54. The fourth-order valence-corrected chi connectivity index (χ4v) is 2.54. The number of carboxylic acids is 1. The second kappa shape index (κ2) is 11.5. The Morgan fingerprint density at radius 3 is 2.07 bits per heavy atom. The van der Waals surface area contributed by atoms with Crippen molar-refractivity contribution in [1.29, 1.82) is 0 Å². The van der Waals surface area contributed by atoms with E-state index in [1.807, 2.05) is 24.3 Å². The molecule has 2 amide bonds. The molecule has 0 saturated carbocycles. The topological polar surface area (TPSA) is 114 Å². The second-order valence-corrected chi connectivity index (χ2v) is 6.13. The summed E-state index contributed by atoms with van der Waals surface area (Å²) in [4.78, 5) is 36.1. The van der Waals surface area contributed by atoms with Gasteiger partial charge in [0.2, 0.25) is 12.1 Å². The average Bonchev–Trinajstić information content (AvgIpc) is 2.73. The summed E-state index contributed by atoms with van der Waals surface area (Å²) in [6, 6.07) is 17.1. The van der Waals surface area contributed by atoms with Crippen molar-refractivity contribution in [1.82, 2.24) is 10.6 Å². The summed E-state index contributed by atoms with van der Waals surface area (Å²) >= 11 is 0. The minimum absolute atomic E-state index is 0.0447. The highest BCUT2D eigenvalue weighted by Crippen LogP contribution is 2.06. The van der Waals surface area contributed by atoms with Gasteiger partial charge in [-0.2, -0.15) is 0 Å². The first-order valence-electron chi connectivity index (χ1n) is 9.15. The van der Waals surface area contributed by atoms with Gasteiger partial charge in [0.25, 0.3) is 0 Å². The lowest BCUT2D eigenvalue weighted by molar-refractivity contribution is -0.155. The van der Waals surface area contributed by atoms with Crippen LogP contribution in [0.1, 0.15) is 18.1 Å². The zero-order valence-corrected chi connectivity index (χ0v) is 16.0. The number of carbonyl (C=O) groups is 3. The molecule has 0 fully saturated rings. The Labute approximate surface area is 168 Å². The van der Waals surface area contributed by atoms with Crippen LogP contribution in [0.25, 0.3) is 0 Å². The lowest BCUT2D eigenvalue weighted by atomic mass is 10.1. The zero-order chi connectivity index (χ0) is 21.1. The van der Waals surface area contributed by atoms with E-state index in [-0.39, 0.29) is 19.6 Å². The fraction of sp³-hybridized carbons (Fsp3) is 0.286. The highest BCUT2D eigenvalue weighted by atomic mass is 16.5. The van der Waals surface area contributed by atoms with Gasteiger partial charge in [-0.25, -0.2) is 9.59 Å². The number of aliphatic carboxylic acids is 1. The Morgan fingerprint density at radius 2 is 1.52 bits per heavy atom. The number of nitrogens with one attached hydrogen (secondary N) is 2. The van der Waals surface area contributed by atoms with Gasteiger partial charge < -0.3 is 25.2 Å². The van der Waals surface area contributed by atoms with Gasteiger partial charge in [0.05, 0.1) is 0 Å². The molecule has 8 heteroatoms. The SMILES string of the molecule is CCOC(NC(=O)[C@H](Cc1ccccc1)NC(=O)OCc1ccccc1)C(=O)O. The van der Waals surface area contributed by atoms with E-state index in [2.05, 4.69) is 10.6 Å². The van der Waals surface area contributed by atoms with Gasteiger partial charge in [-0.3, -0.25) is 4.79 Å². The normalized spacial score (nSPS) is 12.4. The Bertz CT molecular complexity index is 797. The number of carbonyl (C=O) groups excluding carboxylic acids is 2. The van der Waals surface area contributed by atoms with E-state index in [1.54, 1.807) is 43.3 Å². The molecule has 29 heavy (non-hydrogen) atoms. The number of carboxylic acid groups (broad SMARTS) is 1.